The number of halogens is 2. The number of carbonyl (C=O) groups is 2. The SMILES string of the molecule is Cc1cc(/C=N\NC(=O)C(=O)NCc2ccco2)c(C)n1-c1cc(Cl)cc(Cl)c1. The second-order valence-corrected chi connectivity index (χ2v) is 7.12. The van der Waals surface area contributed by atoms with Crippen molar-refractivity contribution in [1.29, 1.82) is 0 Å². The number of carbonyl (C=O) groups excluding carboxylic acids is 2. The first-order valence-electron chi connectivity index (χ1n) is 8.64. The summed E-state index contributed by atoms with van der Waals surface area (Å²) in [6, 6.07) is 10.6. The van der Waals surface area contributed by atoms with E-state index in [2.05, 4.69) is 15.8 Å². The van der Waals surface area contributed by atoms with Crippen LogP contribution >= 0.6 is 23.2 Å². The third-order valence-electron chi connectivity index (χ3n) is 4.16. The number of hydrogen-bond donors (Lipinski definition) is 2. The van der Waals surface area contributed by atoms with Crippen LogP contribution in [0, 0.1) is 13.8 Å². The number of hydrogen-bond acceptors (Lipinski definition) is 4. The van der Waals surface area contributed by atoms with Gasteiger partial charge in [-0.05, 0) is 50.2 Å². The van der Waals surface area contributed by atoms with Crippen molar-refractivity contribution in [1.82, 2.24) is 15.3 Å². The minimum atomic E-state index is -0.872. The molecule has 3 aromatic rings. The maximum atomic E-state index is 11.8. The van der Waals surface area contributed by atoms with E-state index in [9.17, 15) is 9.59 Å². The van der Waals surface area contributed by atoms with Gasteiger partial charge in [0, 0.05) is 32.7 Å². The maximum Gasteiger partial charge on any atom is 0.329 e. The van der Waals surface area contributed by atoms with Crippen LogP contribution in [0.3, 0.4) is 0 Å². The van der Waals surface area contributed by atoms with Gasteiger partial charge < -0.3 is 14.3 Å². The summed E-state index contributed by atoms with van der Waals surface area (Å²) < 4.78 is 7.05. The standard InChI is InChI=1S/C20H18Cl2N4O3/c1-12-6-14(13(2)26(12)17-8-15(21)7-16(22)9-17)10-24-25-20(28)19(27)23-11-18-4-3-5-29-18/h3-10H,11H2,1-2H3,(H,23,27)(H,25,28)/b24-10-. The van der Waals surface area contributed by atoms with Gasteiger partial charge in [0.2, 0.25) is 0 Å². The van der Waals surface area contributed by atoms with Gasteiger partial charge >= 0.3 is 11.8 Å². The predicted octanol–water partition coefficient (Wildman–Crippen LogP) is 3.76. The van der Waals surface area contributed by atoms with E-state index >= 15 is 0 Å². The molecule has 0 bridgehead atoms. The first kappa shape index (κ1) is 20.7. The van der Waals surface area contributed by atoms with Gasteiger partial charge in [0.25, 0.3) is 0 Å². The van der Waals surface area contributed by atoms with E-state index in [4.69, 9.17) is 27.6 Å². The molecule has 0 aliphatic carbocycles. The molecule has 0 unspecified atom stereocenters. The van der Waals surface area contributed by atoms with Crippen molar-refractivity contribution in [2.45, 2.75) is 20.4 Å². The number of aryl methyl sites for hydroxylation is 1. The van der Waals surface area contributed by atoms with Crippen molar-refractivity contribution in [2.24, 2.45) is 5.10 Å². The lowest BCUT2D eigenvalue weighted by Crippen LogP contribution is -2.37. The molecule has 2 aromatic heterocycles. The zero-order valence-corrected chi connectivity index (χ0v) is 17.2. The fourth-order valence-corrected chi connectivity index (χ4v) is 3.37. The third kappa shape index (κ3) is 5.07. The van der Waals surface area contributed by atoms with Crippen molar-refractivity contribution in [3.05, 3.63) is 75.4 Å². The molecule has 0 aliphatic heterocycles. The summed E-state index contributed by atoms with van der Waals surface area (Å²) in [6.07, 6.45) is 2.96. The molecule has 3 rings (SSSR count). The molecule has 2 amide bonds. The summed E-state index contributed by atoms with van der Waals surface area (Å²) in [6.45, 7) is 3.95. The van der Waals surface area contributed by atoms with E-state index in [-0.39, 0.29) is 6.54 Å². The van der Waals surface area contributed by atoms with Crippen molar-refractivity contribution in [2.75, 3.05) is 0 Å². The Morgan fingerprint density at radius 1 is 1.14 bits per heavy atom. The number of nitrogens with zero attached hydrogens (tertiary/aromatic N) is 2. The van der Waals surface area contributed by atoms with E-state index in [0.717, 1.165) is 22.6 Å². The molecule has 0 saturated heterocycles. The fraction of sp³-hybridized carbons (Fsp3) is 0.150. The smallest absolute Gasteiger partial charge is 0.329 e. The van der Waals surface area contributed by atoms with Crippen LogP contribution in [0.2, 0.25) is 10.0 Å². The number of aromatic nitrogens is 1. The highest BCUT2D eigenvalue weighted by atomic mass is 35.5. The van der Waals surface area contributed by atoms with E-state index < -0.39 is 11.8 Å². The Morgan fingerprint density at radius 3 is 2.52 bits per heavy atom. The molecular weight excluding hydrogens is 415 g/mol. The average Bonchev–Trinajstić information content (AvgIpc) is 3.27. The Hall–Kier alpha value is -3.03. The Labute approximate surface area is 177 Å². The highest BCUT2D eigenvalue weighted by Crippen LogP contribution is 2.25. The summed E-state index contributed by atoms with van der Waals surface area (Å²) in [5, 5.41) is 7.38. The summed E-state index contributed by atoms with van der Waals surface area (Å²) in [7, 11) is 0. The van der Waals surface area contributed by atoms with Crippen LogP contribution in [0.1, 0.15) is 22.7 Å². The molecule has 0 atom stereocenters. The molecule has 1 aromatic carbocycles. The lowest BCUT2D eigenvalue weighted by Gasteiger charge is -2.10. The summed E-state index contributed by atoms with van der Waals surface area (Å²) in [4.78, 5) is 23.6. The van der Waals surface area contributed by atoms with E-state index in [1.165, 1.54) is 12.5 Å². The van der Waals surface area contributed by atoms with Crippen molar-refractivity contribution in [3.63, 3.8) is 0 Å². The summed E-state index contributed by atoms with van der Waals surface area (Å²) in [5.74, 6) is -1.14. The van der Waals surface area contributed by atoms with Gasteiger partial charge in [-0.15, -0.1) is 0 Å². The van der Waals surface area contributed by atoms with Crippen molar-refractivity contribution >= 4 is 41.2 Å². The van der Waals surface area contributed by atoms with Crippen LogP contribution in [0.5, 0.6) is 0 Å². The second kappa shape index (κ2) is 8.98. The maximum absolute atomic E-state index is 11.8. The van der Waals surface area contributed by atoms with Gasteiger partial charge in [0.1, 0.15) is 5.76 Å². The highest BCUT2D eigenvalue weighted by molar-refractivity contribution is 6.35. The van der Waals surface area contributed by atoms with Crippen LogP contribution < -0.4 is 10.7 Å². The van der Waals surface area contributed by atoms with E-state index in [1.54, 1.807) is 30.3 Å². The number of nitrogens with one attached hydrogen (secondary N) is 2. The zero-order chi connectivity index (χ0) is 21.0. The van der Waals surface area contributed by atoms with Crippen molar-refractivity contribution < 1.29 is 14.0 Å². The molecule has 29 heavy (non-hydrogen) atoms. The third-order valence-corrected chi connectivity index (χ3v) is 4.59. The monoisotopic (exact) mass is 432 g/mol. The molecule has 0 radical (unpaired) electrons. The van der Waals surface area contributed by atoms with Gasteiger partial charge in [0.05, 0.1) is 19.0 Å². The molecule has 150 valence electrons. The number of furan rings is 1. The Kier molecular flexibility index (Phi) is 6.41. The lowest BCUT2D eigenvalue weighted by atomic mass is 10.2. The minimum absolute atomic E-state index is 0.117. The second-order valence-electron chi connectivity index (χ2n) is 6.25. The molecule has 2 heterocycles. The van der Waals surface area contributed by atoms with Gasteiger partial charge in [-0.25, -0.2) is 5.43 Å². The molecular formula is C20H18Cl2N4O3. The van der Waals surface area contributed by atoms with E-state index in [0.29, 0.717) is 15.8 Å². The van der Waals surface area contributed by atoms with Gasteiger partial charge in [-0.2, -0.15) is 5.10 Å². The van der Waals surface area contributed by atoms with Gasteiger partial charge in [-0.1, -0.05) is 23.2 Å². The van der Waals surface area contributed by atoms with E-state index in [1.807, 2.05) is 24.5 Å². The Bertz CT molecular complexity index is 1050. The normalized spacial score (nSPS) is 11.0. The molecule has 9 heteroatoms. The first-order valence-corrected chi connectivity index (χ1v) is 9.40. The van der Waals surface area contributed by atoms with Gasteiger partial charge in [-0.3, -0.25) is 9.59 Å². The van der Waals surface area contributed by atoms with Gasteiger partial charge in [0.15, 0.2) is 0 Å². The molecule has 2 N–H and O–H groups in total. The molecule has 0 saturated carbocycles. The van der Waals surface area contributed by atoms with Crippen LogP contribution in [0.15, 0.2) is 52.2 Å². The number of hydrazone groups is 1. The molecule has 0 spiro atoms. The highest BCUT2D eigenvalue weighted by Gasteiger charge is 2.14. The molecule has 0 aliphatic rings. The number of rotatable bonds is 5. The van der Waals surface area contributed by atoms with Crippen LogP contribution in [0.4, 0.5) is 0 Å². The quantitative estimate of drug-likeness (QED) is 0.365. The first-order chi connectivity index (χ1) is 13.8. The number of amides is 2. The van der Waals surface area contributed by atoms with Crippen LogP contribution in [-0.2, 0) is 16.1 Å². The Morgan fingerprint density at radius 2 is 1.86 bits per heavy atom. The van der Waals surface area contributed by atoms with Crippen LogP contribution in [0.25, 0.3) is 5.69 Å². The molecule has 7 nitrogen and oxygen atoms in total. The van der Waals surface area contributed by atoms with Crippen molar-refractivity contribution in [3.8, 4) is 5.69 Å². The zero-order valence-electron chi connectivity index (χ0n) is 15.7. The largest absolute Gasteiger partial charge is 0.467 e. The number of benzene rings is 1. The minimum Gasteiger partial charge on any atom is -0.467 e. The van der Waals surface area contributed by atoms with Crippen LogP contribution in [-0.4, -0.2) is 22.6 Å². The summed E-state index contributed by atoms with van der Waals surface area (Å²) >= 11 is 12.2. The summed E-state index contributed by atoms with van der Waals surface area (Å²) in [5.41, 5.74) is 5.61. The fourth-order valence-electron chi connectivity index (χ4n) is 2.86. The molecule has 0 fully saturated rings. The predicted molar refractivity (Wildman–Crippen MR) is 112 cm³/mol. The topological polar surface area (TPSA) is 88.6 Å². The average molecular weight is 433 g/mol. The lowest BCUT2D eigenvalue weighted by molar-refractivity contribution is -0.139. The Balaban J connectivity index is 1.66.